The molecule has 1 aliphatic heterocycles. The van der Waals surface area contributed by atoms with Crippen LogP contribution in [0, 0.1) is 0 Å². The molecule has 7 heteroatoms. The van der Waals surface area contributed by atoms with Crippen LogP contribution in [0.15, 0.2) is 33.6 Å². The summed E-state index contributed by atoms with van der Waals surface area (Å²) in [5.41, 5.74) is 0. The SMILES string of the molecule is O=S(=O)(c1ccccc1Br)N1CCCN(CCCl)CC1. The van der Waals surface area contributed by atoms with E-state index in [0.717, 1.165) is 26.1 Å². The molecule has 0 aromatic heterocycles. The van der Waals surface area contributed by atoms with Crippen LogP contribution in [0.3, 0.4) is 0 Å². The fraction of sp³-hybridized carbons (Fsp3) is 0.538. The van der Waals surface area contributed by atoms with Crippen LogP contribution in [0.1, 0.15) is 6.42 Å². The molecule has 0 saturated carbocycles. The first-order valence-corrected chi connectivity index (χ1v) is 9.35. The summed E-state index contributed by atoms with van der Waals surface area (Å²) in [6.45, 7) is 3.51. The van der Waals surface area contributed by atoms with Gasteiger partial charge in [0.05, 0.1) is 4.90 Å². The Labute approximate surface area is 133 Å². The van der Waals surface area contributed by atoms with Gasteiger partial charge in [-0.25, -0.2) is 8.42 Å². The Bertz CT molecular complexity index is 553. The van der Waals surface area contributed by atoms with E-state index in [1.807, 2.05) is 6.07 Å². The van der Waals surface area contributed by atoms with Crippen LogP contribution in [0.25, 0.3) is 0 Å². The first kappa shape index (κ1) is 16.2. The van der Waals surface area contributed by atoms with E-state index in [1.54, 1.807) is 22.5 Å². The van der Waals surface area contributed by atoms with Gasteiger partial charge in [0.25, 0.3) is 0 Å². The summed E-state index contributed by atoms with van der Waals surface area (Å²) in [4.78, 5) is 2.55. The summed E-state index contributed by atoms with van der Waals surface area (Å²) >= 11 is 9.07. The van der Waals surface area contributed by atoms with Gasteiger partial charge in [-0.05, 0) is 41.0 Å². The highest BCUT2D eigenvalue weighted by molar-refractivity contribution is 9.10. The number of hydrogen-bond donors (Lipinski definition) is 0. The third kappa shape index (κ3) is 3.74. The monoisotopic (exact) mass is 380 g/mol. The zero-order valence-electron chi connectivity index (χ0n) is 11.1. The van der Waals surface area contributed by atoms with Crippen LogP contribution in [0.4, 0.5) is 0 Å². The largest absolute Gasteiger partial charge is 0.301 e. The third-order valence-electron chi connectivity index (χ3n) is 3.40. The summed E-state index contributed by atoms with van der Waals surface area (Å²) in [5.74, 6) is 0.580. The fourth-order valence-corrected chi connectivity index (χ4v) is 5.00. The Morgan fingerprint density at radius 2 is 1.90 bits per heavy atom. The Morgan fingerprint density at radius 1 is 1.15 bits per heavy atom. The number of hydrogen-bond acceptors (Lipinski definition) is 3. The number of sulfonamides is 1. The number of rotatable bonds is 4. The normalized spacial score (nSPS) is 18.9. The lowest BCUT2D eigenvalue weighted by Crippen LogP contribution is -2.35. The average molecular weight is 382 g/mol. The highest BCUT2D eigenvalue weighted by atomic mass is 79.9. The second-order valence-corrected chi connectivity index (χ2v) is 7.86. The molecule has 0 N–H and O–H groups in total. The smallest absolute Gasteiger partial charge is 0.244 e. The second-order valence-electron chi connectivity index (χ2n) is 4.72. The minimum Gasteiger partial charge on any atom is -0.301 e. The van der Waals surface area contributed by atoms with E-state index in [0.29, 0.717) is 28.3 Å². The quantitative estimate of drug-likeness (QED) is 0.752. The van der Waals surface area contributed by atoms with Crippen LogP contribution < -0.4 is 0 Å². The lowest BCUT2D eigenvalue weighted by molar-refractivity contribution is 0.303. The van der Waals surface area contributed by atoms with Crippen LogP contribution in [0.2, 0.25) is 0 Å². The molecular weight excluding hydrogens is 364 g/mol. The van der Waals surface area contributed by atoms with Crippen molar-refractivity contribution in [3.8, 4) is 0 Å². The molecular formula is C13H18BrClN2O2S. The van der Waals surface area contributed by atoms with E-state index < -0.39 is 10.0 Å². The molecule has 0 atom stereocenters. The maximum absolute atomic E-state index is 12.7. The Kier molecular flexibility index (Phi) is 5.86. The maximum Gasteiger partial charge on any atom is 0.244 e. The van der Waals surface area contributed by atoms with Gasteiger partial charge in [0, 0.05) is 36.5 Å². The molecule has 112 valence electrons. The van der Waals surface area contributed by atoms with Gasteiger partial charge in [-0.2, -0.15) is 4.31 Å². The van der Waals surface area contributed by atoms with Crippen molar-refractivity contribution in [2.24, 2.45) is 0 Å². The zero-order valence-corrected chi connectivity index (χ0v) is 14.3. The lowest BCUT2D eigenvalue weighted by Gasteiger charge is -2.21. The molecule has 1 heterocycles. The first-order chi connectivity index (χ1) is 9.55. The van der Waals surface area contributed by atoms with Crippen molar-refractivity contribution in [2.75, 3.05) is 38.6 Å². The number of alkyl halides is 1. The molecule has 0 spiro atoms. The minimum atomic E-state index is -3.43. The van der Waals surface area contributed by atoms with Crippen molar-refractivity contribution < 1.29 is 8.42 Å². The van der Waals surface area contributed by atoms with Crippen molar-refractivity contribution in [2.45, 2.75) is 11.3 Å². The van der Waals surface area contributed by atoms with E-state index in [9.17, 15) is 8.42 Å². The maximum atomic E-state index is 12.7. The van der Waals surface area contributed by atoms with Gasteiger partial charge in [0.2, 0.25) is 10.0 Å². The molecule has 1 aliphatic rings. The van der Waals surface area contributed by atoms with Gasteiger partial charge in [-0.1, -0.05) is 12.1 Å². The molecule has 0 amide bonds. The fourth-order valence-electron chi connectivity index (χ4n) is 2.32. The van der Waals surface area contributed by atoms with Gasteiger partial charge in [0.15, 0.2) is 0 Å². The molecule has 1 aromatic carbocycles. The molecule has 2 rings (SSSR count). The number of nitrogens with zero attached hydrogens (tertiary/aromatic N) is 2. The summed E-state index contributed by atoms with van der Waals surface area (Å²) in [5, 5.41) is 0. The molecule has 20 heavy (non-hydrogen) atoms. The highest BCUT2D eigenvalue weighted by Crippen LogP contribution is 2.25. The molecule has 0 aliphatic carbocycles. The molecule has 1 fully saturated rings. The van der Waals surface area contributed by atoms with Crippen molar-refractivity contribution in [1.29, 1.82) is 0 Å². The zero-order chi connectivity index (χ0) is 14.6. The molecule has 0 bridgehead atoms. The van der Waals surface area contributed by atoms with Gasteiger partial charge in [-0.3, -0.25) is 0 Å². The Hall–Kier alpha value is -0.140. The summed E-state index contributed by atoms with van der Waals surface area (Å²) < 4.78 is 27.5. The molecule has 0 radical (unpaired) electrons. The topological polar surface area (TPSA) is 40.6 Å². The van der Waals surface area contributed by atoms with Crippen LogP contribution in [-0.4, -0.2) is 56.2 Å². The summed E-state index contributed by atoms with van der Waals surface area (Å²) in [6, 6.07) is 6.95. The van der Waals surface area contributed by atoms with E-state index in [-0.39, 0.29) is 0 Å². The summed E-state index contributed by atoms with van der Waals surface area (Å²) in [7, 11) is -3.43. The molecule has 4 nitrogen and oxygen atoms in total. The Balaban J connectivity index is 2.16. The van der Waals surface area contributed by atoms with E-state index >= 15 is 0 Å². The van der Waals surface area contributed by atoms with Crippen molar-refractivity contribution in [3.05, 3.63) is 28.7 Å². The third-order valence-corrected chi connectivity index (χ3v) is 6.48. The Morgan fingerprint density at radius 3 is 2.60 bits per heavy atom. The predicted octanol–water partition coefficient (Wildman–Crippen LogP) is 2.38. The number of halogens is 2. The van der Waals surface area contributed by atoms with Crippen molar-refractivity contribution in [3.63, 3.8) is 0 Å². The van der Waals surface area contributed by atoms with E-state index in [4.69, 9.17) is 11.6 Å². The van der Waals surface area contributed by atoms with Gasteiger partial charge >= 0.3 is 0 Å². The van der Waals surface area contributed by atoms with E-state index in [1.165, 1.54) is 0 Å². The predicted molar refractivity (Wildman–Crippen MR) is 84.7 cm³/mol. The molecule has 0 unspecified atom stereocenters. The van der Waals surface area contributed by atoms with E-state index in [2.05, 4.69) is 20.8 Å². The molecule has 1 saturated heterocycles. The van der Waals surface area contributed by atoms with Gasteiger partial charge in [0.1, 0.15) is 0 Å². The van der Waals surface area contributed by atoms with Crippen LogP contribution in [-0.2, 0) is 10.0 Å². The first-order valence-electron chi connectivity index (χ1n) is 6.58. The van der Waals surface area contributed by atoms with Crippen molar-refractivity contribution in [1.82, 2.24) is 9.21 Å². The standard InChI is InChI=1S/C13H18BrClN2O2S/c14-12-4-1-2-5-13(12)20(18,19)17-8-3-7-16(9-6-15)10-11-17/h1-2,4-5H,3,6-11H2. The van der Waals surface area contributed by atoms with Gasteiger partial charge in [-0.15, -0.1) is 11.6 Å². The van der Waals surface area contributed by atoms with Crippen molar-refractivity contribution >= 4 is 37.6 Å². The van der Waals surface area contributed by atoms with Crippen LogP contribution >= 0.6 is 27.5 Å². The lowest BCUT2D eigenvalue weighted by atomic mass is 10.4. The number of benzene rings is 1. The minimum absolute atomic E-state index is 0.339. The second kappa shape index (κ2) is 7.22. The van der Waals surface area contributed by atoms with Gasteiger partial charge < -0.3 is 4.90 Å². The highest BCUT2D eigenvalue weighted by Gasteiger charge is 2.28. The average Bonchev–Trinajstić information content (AvgIpc) is 2.65. The molecule has 1 aromatic rings. The summed E-state index contributed by atoms with van der Waals surface area (Å²) in [6.07, 6.45) is 0.834. The van der Waals surface area contributed by atoms with Crippen LogP contribution in [0.5, 0.6) is 0 Å².